The predicted molar refractivity (Wildman–Crippen MR) is 89.4 cm³/mol. The first-order valence-corrected chi connectivity index (χ1v) is 8.07. The van der Waals surface area contributed by atoms with Crippen LogP contribution in [0.3, 0.4) is 0 Å². The van der Waals surface area contributed by atoms with Crippen molar-refractivity contribution in [1.29, 1.82) is 0 Å². The second-order valence-electron chi connectivity index (χ2n) is 5.52. The molecule has 21 heavy (non-hydrogen) atoms. The van der Waals surface area contributed by atoms with Crippen molar-refractivity contribution in [2.45, 2.75) is 53.1 Å². The molecule has 1 unspecified atom stereocenters. The zero-order valence-electron chi connectivity index (χ0n) is 13.7. The van der Waals surface area contributed by atoms with Gasteiger partial charge in [-0.25, -0.2) is 0 Å². The van der Waals surface area contributed by atoms with E-state index >= 15 is 0 Å². The van der Waals surface area contributed by atoms with Crippen molar-refractivity contribution >= 4 is 0 Å². The molecule has 0 radical (unpaired) electrons. The number of hydrogen-bond acceptors (Lipinski definition) is 2. The minimum absolute atomic E-state index is 0.457. The van der Waals surface area contributed by atoms with Crippen LogP contribution in [-0.2, 0) is 6.54 Å². The van der Waals surface area contributed by atoms with E-state index in [4.69, 9.17) is 0 Å². The molecule has 3 nitrogen and oxygen atoms in total. The van der Waals surface area contributed by atoms with Crippen LogP contribution in [0.5, 0.6) is 0 Å². The van der Waals surface area contributed by atoms with Crippen molar-refractivity contribution in [1.82, 2.24) is 15.1 Å². The molecule has 114 valence electrons. The van der Waals surface area contributed by atoms with Gasteiger partial charge in [-0.2, -0.15) is 5.10 Å². The van der Waals surface area contributed by atoms with Crippen molar-refractivity contribution < 1.29 is 0 Å². The molecule has 0 fully saturated rings. The van der Waals surface area contributed by atoms with Gasteiger partial charge in [0.05, 0.1) is 5.69 Å². The van der Waals surface area contributed by atoms with Gasteiger partial charge in [0.2, 0.25) is 0 Å². The second kappa shape index (κ2) is 7.41. The number of rotatable bonds is 7. The van der Waals surface area contributed by atoms with Crippen LogP contribution in [0.25, 0.3) is 11.1 Å². The normalized spacial score (nSPS) is 12.6. The van der Waals surface area contributed by atoms with Crippen molar-refractivity contribution in [3.8, 4) is 11.1 Å². The zero-order valence-corrected chi connectivity index (χ0v) is 13.7. The van der Waals surface area contributed by atoms with Crippen LogP contribution >= 0.6 is 0 Å². The Balaban J connectivity index is 2.19. The number of nitrogens with zero attached hydrogens (tertiary/aromatic N) is 2. The fraction of sp³-hybridized carbons (Fsp3) is 0.500. The first-order valence-electron chi connectivity index (χ1n) is 8.07. The molecule has 1 N–H and O–H groups in total. The van der Waals surface area contributed by atoms with E-state index in [-0.39, 0.29) is 0 Å². The summed E-state index contributed by atoms with van der Waals surface area (Å²) >= 11 is 0. The average Bonchev–Trinajstić information content (AvgIpc) is 2.90. The van der Waals surface area contributed by atoms with Gasteiger partial charge in [-0.05, 0) is 44.4 Å². The summed E-state index contributed by atoms with van der Waals surface area (Å²) in [6.07, 6.45) is 4.42. The van der Waals surface area contributed by atoms with E-state index in [0.29, 0.717) is 6.04 Å². The van der Waals surface area contributed by atoms with Gasteiger partial charge in [0.1, 0.15) is 0 Å². The average molecular weight is 285 g/mol. The van der Waals surface area contributed by atoms with Crippen molar-refractivity contribution in [2.24, 2.45) is 0 Å². The second-order valence-corrected chi connectivity index (χ2v) is 5.52. The highest BCUT2D eigenvalue weighted by Gasteiger charge is 2.10. The molecule has 2 rings (SSSR count). The van der Waals surface area contributed by atoms with Gasteiger partial charge in [-0.15, -0.1) is 0 Å². The SMILES string of the molecule is CCCNC(CC)c1ccc(-c2cn(CC)nc2C)cc1. The summed E-state index contributed by atoms with van der Waals surface area (Å²) in [5.74, 6) is 0. The smallest absolute Gasteiger partial charge is 0.0672 e. The standard InChI is InChI=1S/C18H27N3/c1-5-12-19-18(6-2)16-10-8-15(9-11-16)17-13-21(7-3)20-14(17)4/h8-11,13,18-19H,5-7,12H2,1-4H3. The van der Waals surface area contributed by atoms with Crippen molar-refractivity contribution in [3.05, 3.63) is 41.7 Å². The first kappa shape index (κ1) is 15.8. The Labute approximate surface area is 128 Å². The van der Waals surface area contributed by atoms with Crippen LogP contribution in [0, 0.1) is 6.92 Å². The summed E-state index contributed by atoms with van der Waals surface area (Å²) < 4.78 is 2.00. The maximum atomic E-state index is 4.52. The van der Waals surface area contributed by atoms with E-state index in [1.807, 2.05) is 4.68 Å². The highest BCUT2D eigenvalue weighted by molar-refractivity contribution is 5.65. The quantitative estimate of drug-likeness (QED) is 0.820. The fourth-order valence-electron chi connectivity index (χ4n) is 2.67. The van der Waals surface area contributed by atoms with Gasteiger partial charge in [0.25, 0.3) is 0 Å². The summed E-state index contributed by atoms with van der Waals surface area (Å²) in [5.41, 5.74) is 4.95. The number of aromatic nitrogens is 2. The maximum Gasteiger partial charge on any atom is 0.0672 e. The number of hydrogen-bond donors (Lipinski definition) is 1. The van der Waals surface area contributed by atoms with Gasteiger partial charge in [-0.1, -0.05) is 38.1 Å². The van der Waals surface area contributed by atoms with Crippen molar-refractivity contribution in [2.75, 3.05) is 6.54 Å². The van der Waals surface area contributed by atoms with E-state index in [1.165, 1.54) is 23.1 Å². The molecule has 1 aromatic heterocycles. The Morgan fingerprint density at radius 3 is 2.38 bits per heavy atom. The van der Waals surface area contributed by atoms with Gasteiger partial charge < -0.3 is 5.32 Å². The summed E-state index contributed by atoms with van der Waals surface area (Å²) in [7, 11) is 0. The number of nitrogens with one attached hydrogen (secondary N) is 1. The molecule has 1 atom stereocenters. The Morgan fingerprint density at radius 2 is 1.86 bits per heavy atom. The predicted octanol–water partition coefficient (Wildman–Crippen LogP) is 4.33. The van der Waals surface area contributed by atoms with E-state index in [1.54, 1.807) is 0 Å². The lowest BCUT2D eigenvalue weighted by atomic mass is 10.00. The monoisotopic (exact) mass is 285 g/mol. The molecule has 2 aromatic rings. The fourth-order valence-corrected chi connectivity index (χ4v) is 2.67. The van der Waals surface area contributed by atoms with Crippen LogP contribution in [0.2, 0.25) is 0 Å². The molecule has 0 aliphatic carbocycles. The van der Waals surface area contributed by atoms with Gasteiger partial charge >= 0.3 is 0 Å². The third kappa shape index (κ3) is 3.73. The van der Waals surface area contributed by atoms with Crippen molar-refractivity contribution in [3.63, 3.8) is 0 Å². The molecular weight excluding hydrogens is 258 g/mol. The van der Waals surface area contributed by atoms with Crippen LogP contribution in [-0.4, -0.2) is 16.3 Å². The minimum atomic E-state index is 0.457. The summed E-state index contributed by atoms with van der Waals surface area (Å²) in [4.78, 5) is 0. The van der Waals surface area contributed by atoms with Gasteiger partial charge in [-0.3, -0.25) is 4.68 Å². The van der Waals surface area contributed by atoms with Crippen LogP contribution in [0.4, 0.5) is 0 Å². The molecule has 0 amide bonds. The highest BCUT2D eigenvalue weighted by Crippen LogP contribution is 2.25. The lowest BCUT2D eigenvalue weighted by molar-refractivity contribution is 0.518. The number of aryl methyl sites for hydroxylation is 2. The van der Waals surface area contributed by atoms with E-state index in [0.717, 1.165) is 25.2 Å². The molecule has 0 aliphatic heterocycles. The Hall–Kier alpha value is -1.61. The van der Waals surface area contributed by atoms with Crippen LogP contribution in [0.1, 0.15) is 50.9 Å². The van der Waals surface area contributed by atoms with Gasteiger partial charge in [0, 0.05) is 24.3 Å². The highest BCUT2D eigenvalue weighted by atomic mass is 15.3. The molecule has 3 heteroatoms. The summed E-state index contributed by atoms with van der Waals surface area (Å²) in [6, 6.07) is 9.38. The minimum Gasteiger partial charge on any atom is -0.310 e. The molecule has 0 saturated carbocycles. The topological polar surface area (TPSA) is 29.9 Å². The first-order chi connectivity index (χ1) is 10.2. The molecule has 0 saturated heterocycles. The zero-order chi connectivity index (χ0) is 15.2. The molecule has 0 aliphatic rings. The van der Waals surface area contributed by atoms with E-state index < -0.39 is 0 Å². The molecule has 1 aromatic carbocycles. The Bertz CT molecular complexity index is 554. The summed E-state index contributed by atoms with van der Waals surface area (Å²) in [5, 5.41) is 8.13. The largest absolute Gasteiger partial charge is 0.310 e. The Kier molecular flexibility index (Phi) is 5.57. The number of benzene rings is 1. The van der Waals surface area contributed by atoms with Gasteiger partial charge in [0.15, 0.2) is 0 Å². The molecular formula is C18H27N3. The third-order valence-electron chi connectivity index (χ3n) is 3.94. The molecule has 1 heterocycles. The molecule has 0 bridgehead atoms. The lowest BCUT2D eigenvalue weighted by Gasteiger charge is -2.17. The Morgan fingerprint density at radius 1 is 1.14 bits per heavy atom. The van der Waals surface area contributed by atoms with Crippen LogP contribution < -0.4 is 5.32 Å². The maximum absolute atomic E-state index is 4.52. The van der Waals surface area contributed by atoms with E-state index in [9.17, 15) is 0 Å². The van der Waals surface area contributed by atoms with Crippen LogP contribution in [0.15, 0.2) is 30.5 Å². The summed E-state index contributed by atoms with van der Waals surface area (Å²) in [6.45, 7) is 10.6. The molecule has 0 spiro atoms. The lowest BCUT2D eigenvalue weighted by Crippen LogP contribution is -2.21. The third-order valence-corrected chi connectivity index (χ3v) is 3.94. The van der Waals surface area contributed by atoms with E-state index in [2.05, 4.69) is 68.6 Å².